The SMILES string of the molecule is [B][C@@H]1C2O[C@H](COC)C(OC)C21. The Bertz CT molecular complexity index is 176. The maximum absolute atomic E-state index is 5.75. The Hall–Kier alpha value is -0.0551. The van der Waals surface area contributed by atoms with Crippen molar-refractivity contribution in [3.63, 3.8) is 0 Å². The topological polar surface area (TPSA) is 27.7 Å². The summed E-state index contributed by atoms with van der Waals surface area (Å²) in [5.41, 5.74) is 0. The van der Waals surface area contributed by atoms with Crippen molar-refractivity contribution in [1.82, 2.24) is 0 Å². The summed E-state index contributed by atoms with van der Waals surface area (Å²) in [7, 11) is 9.12. The number of hydrogen-bond acceptors (Lipinski definition) is 3. The molecule has 3 unspecified atom stereocenters. The molecular weight excluding hydrogens is 155 g/mol. The quantitative estimate of drug-likeness (QED) is 0.555. The van der Waals surface area contributed by atoms with Crippen molar-refractivity contribution in [2.75, 3.05) is 20.8 Å². The average molecular weight is 168 g/mol. The fourth-order valence-corrected chi connectivity index (χ4v) is 2.05. The monoisotopic (exact) mass is 168 g/mol. The van der Waals surface area contributed by atoms with E-state index in [4.69, 9.17) is 22.1 Å². The Balaban J connectivity index is 1.94. The Labute approximate surface area is 73.8 Å². The highest BCUT2D eigenvalue weighted by molar-refractivity contribution is 6.15. The summed E-state index contributed by atoms with van der Waals surface area (Å²) in [5.74, 6) is 0.582. The Kier molecular flexibility index (Phi) is 2.15. The van der Waals surface area contributed by atoms with Gasteiger partial charge in [0, 0.05) is 20.1 Å². The van der Waals surface area contributed by atoms with Gasteiger partial charge in [-0.1, -0.05) is 0 Å². The minimum absolute atomic E-state index is 0.0785. The third-order valence-corrected chi connectivity index (χ3v) is 2.74. The van der Waals surface area contributed by atoms with Gasteiger partial charge in [-0.3, -0.25) is 0 Å². The molecule has 2 rings (SSSR count). The van der Waals surface area contributed by atoms with Crippen molar-refractivity contribution < 1.29 is 14.2 Å². The van der Waals surface area contributed by atoms with Crippen LogP contribution in [-0.2, 0) is 14.2 Å². The molecule has 1 saturated heterocycles. The number of hydrogen-bond donors (Lipinski definition) is 0. The number of fused-ring (bicyclic) bond motifs is 1. The van der Waals surface area contributed by atoms with E-state index in [1.807, 2.05) is 0 Å². The van der Waals surface area contributed by atoms with Gasteiger partial charge >= 0.3 is 0 Å². The minimum atomic E-state index is 0.0785. The van der Waals surface area contributed by atoms with Crippen molar-refractivity contribution in [2.45, 2.75) is 24.1 Å². The highest BCUT2D eigenvalue weighted by Crippen LogP contribution is 2.55. The first-order valence-corrected chi connectivity index (χ1v) is 4.22. The van der Waals surface area contributed by atoms with E-state index >= 15 is 0 Å². The molecule has 5 atom stereocenters. The molecule has 1 aliphatic carbocycles. The minimum Gasteiger partial charge on any atom is -0.382 e. The second-order valence-electron chi connectivity index (χ2n) is 3.45. The fourth-order valence-electron chi connectivity index (χ4n) is 2.05. The van der Waals surface area contributed by atoms with E-state index in [-0.39, 0.29) is 24.1 Å². The molecule has 2 aliphatic rings. The van der Waals surface area contributed by atoms with Crippen molar-refractivity contribution in [3.05, 3.63) is 0 Å². The summed E-state index contributed by atoms with van der Waals surface area (Å²) < 4.78 is 15.9. The van der Waals surface area contributed by atoms with E-state index in [2.05, 4.69) is 0 Å². The van der Waals surface area contributed by atoms with Crippen LogP contribution >= 0.6 is 0 Å². The van der Waals surface area contributed by atoms with E-state index in [1.165, 1.54) is 0 Å². The zero-order valence-corrected chi connectivity index (χ0v) is 7.40. The highest BCUT2D eigenvalue weighted by atomic mass is 16.6. The Morgan fingerprint density at radius 2 is 2.17 bits per heavy atom. The largest absolute Gasteiger partial charge is 0.382 e. The van der Waals surface area contributed by atoms with Gasteiger partial charge in [0.15, 0.2) is 0 Å². The molecule has 0 bridgehead atoms. The van der Waals surface area contributed by atoms with Crippen LogP contribution in [0.25, 0.3) is 0 Å². The van der Waals surface area contributed by atoms with Gasteiger partial charge in [0.1, 0.15) is 6.10 Å². The lowest BCUT2D eigenvalue weighted by atomic mass is 9.95. The molecule has 1 heterocycles. The van der Waals surface area contributed by atoms with E-state index in [0.717, 1.165) is 0 Å². The molecule has 4 heteroatoms. The maximum atomic E-state index is 5.75. The molecule has 0 aromatic carbocycles. The lowest BCUT2D eigenvalue weighted by molar-refractivity contribution is -0.0529. The first kappa shape index (κ1) is 8.54. The van der Waals surface area contributed by atoms with E-state index in [9.17, 15) is 0 Å². The van der Waals surface area contributed by atoms with Crippen LogP contribution in [0.5, 0.6) is 0 Å². The van der Waals surface area contributed by atoms with Gasteiger partial charge in [-0.05, 0) is 5.82 Å². The number of ether oxygens (including phenoxy) is 3. The third kappa shape index (κ3) is 1.10. The van der Waals surface area contributed by atoms with E-state index in [0.29, 0.717) is 12.5 Å². The molecule has 3 nitrogen and oxygen atoms in total. The first-order valence-electron chi connectivity index (χ1n) is 4.22. The predicted molar refractivity (Wildman–Crippen MR) is 44.3 cm³/mol. The van der Waals surface area contributed by atoms with Crippen LogP contribution in [-0.4, -0.2) is 47.0 Å². The smallest absolute Gasteiger partial charge is 0.108 e. The van der Waals surface area contributed by atoms with E-state index < -0.39 is 0 Å². The summed E-state index contributed by atoms with van der Waals surface area (Å²) in [4.78, 5) is 0. The zero-order valence-electron chi connectivity index (χ0n) is 7.40. The number of rotatable bonds is 3. The van der Waals surface area contributed by atoms with Crippen LogP contribution in [0.2, 0.25) is 5.82 Å². The standard InChI is InChI=1S/C8H13BO3/c1-10-3-4-7(11-2)5-6(9)8(5)12-4/h4-8H,3H2,1-2H3/t4-,5?,6+,7?,8?/m1/s1. The summed E-state index contributed by atoms with van der Waals surface area (Å²) in [6.07, 6.45) is 0.426. The van der Waals surface area contributed by atoms with Crippen LogP contribution in [0.3, 0.4) is 0 Å². The van der Waals surface area contributed by atoms with Crippen LogP contribution in [0.4, 0.5) is 0 Å². The van der Waals surface area contributed by atoms with Crippen molar-refractivity contribution in [1.29, 1.82) is 0 Å². The normalized spacial score (nSPS) is 50.7. The van der Waals surface area contributed by atoms with Gasteiger partial charge < -0.3 is 14.2 Å². The fraction of sp³-hybridized carbons (Fsp3) is 1.00. The lowest BCUT2D eigenvalue weighted by Gasteiger charge is -2.20. The van der Waals surface area contributed by atoms with Crippen LogP contribution in [0.15, 0.2) is 0 Å². The van der Waals surface area contributed by atoms with Crippen LogP contribution < -0.4 is 0 Å². The molecule has 0 N–H and O–H groups in total. The molecule has 2 fully saturated rings. The van der Waals surface area contributed by atoms with E-state index in [1.54, 1.807) is 14.2 Å². The molecular formula is C8H13BO3. The lowest BCUT2D eigenvalue weighted by Crippen LogP contribution is -2.32. The first-order chi connectivity index (χ1) is 5.79. The van der Waals surface area contributed by atoms with Crippen molar-refractivity contribution in [3.8, 4) is 0 Å². The Morgan fingerprint density at radius 1 is 1.42 bits per heavy atom. The van der Waals surface area contributed by atoms with Gasteiger partial charge in [0.25, 0.3) is 0 Å². The van der Waals surface area contributed by atoms with Crippen molar-refractivity contribution in [2.24, 2.45) is 5.92 Å². The summed E-state index contributed by atoms with van der Waals surface area (Å²) >= 11 is 0. The molecule has 0 aromatic rings. The van der Waals surface area contributed by atoms with Crippen LogP contribution in [0.1, 0.15) is 0 Å². The summed E-state index contributed by atoms with van der Waals surface area (Å²) in [6, 6.07) is 0. The molecule has 0 spiro atoms. The van der Waals surface area contributed by atoms with Crippen LogP contribution in [0, 0.1) is 5.92 Å². The molecule has 66 valence electrons. The highest BCUT2D eigenvalue weighted by Gasteiger charge is 2.60. The maximum Gasteiger partial charge on any atom is 0.108 e. The van der Waals surface area contributed by atoms with Gasteiger partial charge in [0.05, 0.1) is 26.7 Å². The average Bonchev–Trinajstić information content (AvgIpc) is 2.58. The number of methoxy groups -OCH3 is 2. The second kappa shape index (κ2) is 3.02. The third-order valence-electron chi connectivity index (χ3n) is 2.74. The molecule has 1 saturated carbocycles. The molecule has 1 aliphatic heterocycles. The van der Waals surface area contributed by atoms with Gasteiger partial charge in [-0.2, -0.15) is 0 Å². The van der Waals surface area contributed by atoms with Gasteiger partial charge in [0.2, 0.25) is 0 Å². The molecule has 0 amide bonds. The Morgan fingerprint density at radius 3 is 2.75 bits per heavy atom. The zero-order chi connectivity index (χ0) is 8.72. The predicted octanol–water partition coefficient (Wildman–Crippen LogP) is 0.00200. The second-order valence-corrected chi connectivity index (χ2v) is 3.45. The molecule has 12 heavy (non-hydrogen) atoms. The van der Waals surface area contributed by atoms with Gasteiger partial charge in [-0.15, -0.1) is 0 Å². The summed E-state index contributed by atoms with van der Waals surface area (Å²) in [5, 5.41) is 0. The summed E-state index contributed by atoms with van der Waals surface area (Å²) in [6.45, 7) is 0.595. The molecule has 0 aromatic heterocycles. The van der Waals surface area contributed by atoms with Gasteiger partial charge in [-0.25, -0.2) is 0 Å². The van der Waals surface area contributed by atoms with Crippen molar-refractivity contribution >= 4 is 7.85 Å². The molecule has 2 radical (unpaired) electrons.